The van der Waals surface area contributed by atoms with Gasteiger partial charge in [0.25, 0.3) is 0 Å². The molecule has 0 N–H and O–H groups in total. The molecular formula is C18H18N8. The maximum absolute atomic E-state index is 4.83. The molecule has 0 amide bonds. The van der Waals surface area contributed by atoms with Gasteiger partial charge in [0.05, 0.1) is 11.4 Å². The average Bonchev–Trinajstić information content (AvgIpc) is 3.24. The average molecular weight is 346 g/mol. The van der Waals surface area contributed by atoms with Crippen LogP contribution in [0.4, 0.5) is 0 Å². The van der Waals surface area contributed by atoms with E-state index in [2.05, 4.69) is 33.2 Å². The normalized spacial score (nSPS) is 19.2. The summed E-state index contributed by atoms with van der Waals surface area (Å²) < 4.78 is 3.78. The lowest BCUT2D eigenvalue weighted by Gasteiger charge is -2.04. The Hall–Kier alpha value is -3.16. The van der Waals surface area contributed by atoms with E-state index in [1.54, 1.807) is 10.8 Å². The lowest BCUT2D eigenvalue weighted by molar-refractivity contribution is 0.650. The smallest absolute Gasteiger partial charge is 0.177 e. The third-order valence-corrected chi connectivity index (χ3v) is 4.96. The molecule has 4 aromatic rings. The minimum absolute atomic E-state index is 0.424. The summed E-state index contributed by atoms with van der Waals surface area (Å²) in [6.07, 6.45) is 6.46. The van der Waals surface area contributed by atoms with Crippen LogP contribution in [0.15, 0.2) is 36.9 Å². The molecule has 0 spiro atoms. The van der Waals surface area contributed by atoms with E-state index in [1.165, 1.54) is 5.56 Å². The minimum atomic E-state index is 0.424. The Morgan fingerprint density at radius 1 is 1.08 bits per heavy atom. The Bertz CT molecular complexity index is 1080. The number of aryl methyl sites for hydroxylation is 2. The highest BCUT2D eigenvalue weighted by Gasteiger charge is 2.42. The molecule has 8 heteroatoms. The second-order valence-electron chi connectivity index (χ2n) is 6.63. The van der Waals surface area contributed by atoms with Crippen molar-refractivity contribution in [2.45, 2.75) is 38.6 Å². The molecule has 2 atom stereocenters. The lowest BCUT2D eigenvalue weighted by Crippen LogP contribution is -2.03. The molecule has 5 rings (SSSR count). The van der Waals surface area contributed by atoms with Crippen molar-refractivity contribution in [3.05, 3.63) is 54.0 Å². The van der Waals surface area contributed by atoms with Gasteiger partial charge in [-0.3, -0.25) is 4.68 Å². The van der Waals surface area contributed by atoms with Crippen molar-refractivity contribution in [2.24, 2.45) is 0 Å². The quantitative estimate of drug-likeness (QED) is 0.564. The number of hydrogen-bond acceptors (Lipinski definition) is 6. The topological polar surface area (TPSA) is 86.7 Å². The van der Waals surface area contributed by atoms with Gasteiger partial charge in [-0.05, 0) is 49.9 Å². The third kappa shape index (κ3) is 2.37. The second kappa shape index (κ2) is 5.69. The van der Waals surface area contributed by atoms with Crippen LogP contribution in [-0.2, 0) is 6.54 Å². The molecule has 4 aromatic heterocycles. The van der Waals surface area contributed by atoms with Crippen molar-refractivity contribution >= 4 is 5.65 Å². The Morgan fingerprint density at radius 3 is 2.73 bits per heavy atom. The summed E-state index contributed by atoms with van der Waals surface area (Å²) in [6, 6.07) is 6.08. The predicted molar refractivity (Wildman–Crippen MR) is 94.5 cm³/mol. The van der Waals surface area contributed by atoms with Gasteiger partial charge in [0.15, 0.2) is 11.5 Å². The molecule has 0 bridgehead atoms. The van der Waals surface area contributed by atoms with E-state index < -0.39 is 0 Å². The molecule has 4 heterocycles. The Balaban J connectivity index is 1.51. The highest BCUT2D eigenvalue weighted by atomic mass is 15.4. The molecule has 0 radical (unpaired) electrons. The maximum atomic E-state index is 4.83. The van der Waals surface area contributed by atoms with Crippen molar-refractivity contribution in [1.29, 1.82) is 0 Å². The van der Waals surface area contributed by atoms with Gasteiger partial charge in [-0.1, -0.05) is 0 Å². The van der Waals surface area contributed by atoms with E-state index in [1.807, 2.05) is 36.1 Å². The Kier molecular flexibility index (Phi) is 3.31. The van der Waals surface area contributed by atoms with Crippen molar-refractivity contribution < 1.29 is 0 Å². The Labute approximate surface area is 149 Å². The number of nitrogens with zero attached hydrogens (tertiary/aromatic N) is 8. The molecule has 2 unspecified atom stereocenters. The van der Waals surface area contributed by atoms with Gasteiger partial charge in [-0.25, -0.2) is 9.97 Å². The first-order valence-electron chi connectivity index (χ1n) is 8.76. The van der Waals surface area contributed by atoms with E-state index in [4.69, 9.17) is 10.2 Å². The maximum Gasteiger partial charge on any atom is 0.177 e. The van der Waals surface area contributed by atoms with Crippen molar-refractivity contribution in [3.8, 4) is 11.4 Å². The summed E-state index contributed by atoms with van der Waals surface area (Å²) >= 11 is 0. The minimum Gasteiger partial charge on any atom is -0.263 e. The summed E-state index contributed by atoms with van der Waals surface area (Å²) in [5.41, 5.74) is 4.94. The standard InChI is InChI=1S/C18H18N8/c1-3-25-17(15-4-5-18-22-21-11(2)26(18)24-15)7-16(23-25)14-6-13(14)12-8-19-10-20-9-12/h4-5,7-10,13-14H,3,6H2,1-2H3. The summed E-state index contributed by atoms with van der Waals surface area (Å²) in [4.78, 5) is 8.26. The zero-order valence-electron chi connectivity index (χ0n) is 14.6. The first kappa shape index (κ1) is 15.1. The highest BCUT2D eigenvalue weighted by molar-refractivity contribution is 5.57. The molecule has 0 saturated heterocycles. The van der Waals surface area contributed by atoms with Crippen LogP contribution in [0.2, 0.25) is 0 Å². The van der Waals surface area contributed by atoms with Gasteiger partial charge in [0.1, 0.15) is 12.0 Å². The van der Waals surface area contributed by atoms with Crippen LogP contribution in [-0.4, -0.2) is 39.6 Å². The molecular weight excluding hydrogens is 328 g/mol. The van der Waals surface area contributed by atoms with Crippen LogP contribution in [0, 0.1) is 6.92 Å². The van der Waals surface area contributed by atoms with E-state index >= 15 is 0 Å². The number of hydrogen-bond donors (Lipinski definition) is 0. The van der Waals surface area contributed by atoms with Gasteiger partial charge in [-0.2, -0.15) is 14.7 Å². The van der Waals surface area contributed by atoms with Crippen LogP contribution in [0.1, 0.15) is 42.3 Å². The van der Waals surface area contributed by atoms with E-state index in [-0.39, 0.29) is 0 Å². The summed E-state index contributed by atoms with van der Waals surface area (Å²) in [5.74, 6) is 1.66. The van der Waals surface area contributed by atoms with Crippen molar-refractivity contribution in [1.82, 2.24) is 39.6 Å². The predicted octanol–water partition coefficient (Wildman–Crippen LogP) is 2.38. The highest BCUT2D eigenvalue weighted by Crippen LogP contribution is 2.54. The Morgan fingerprint density at radius 2 is 1.92 bits per heavy atom. The third-order valence-electron chi connectivity index (χ3n) is 4.96. The van der Waals surface area contributed by atoms with E-state index in [9.17, 15) is 0 Å². The van der Waals surface area contributed by atoms with Gasteiger partial charge < -0.3 is 0 Å². The first-order valence-corrected chi connectivity index (χ1v) is 8.76. The fourth-order valence-corrected chi connectivity index (χ4v) is 3.49. The lowest BCUT2D eigenvalue weighted by atomic mass is 10.1. The SMILES string of the molecule is CCn1nc(C2CC2c2cncnc2)cc1-c1ccc2nnc(C)n2n1. The van der Waals surface area contributed by atoms with Crippen LogP contribution in [0.3, 0.4) is 0 Å². The fourth-order valence-electron chi connectivity index (χ4n) is 3.49. The van der Waals surface area contributed by atoms with Crippen LogP contribution >= 0.6 is 0 Å². The van der Waals surface area contributed by atoms with Crippen molar-refractivity contribution in [2.75, 3.05) is 0 Å². The van der Waals surface area contributed by atoms with Crippen LogP contribution in [0.5, 0.6) is 0 Å². The molecule has 26 heavy (non-hydrogen) atoms. The number of aromatic nitrogens is 8. The van der Waals surface area contributed by atoms with E-state index in [0.717, 1.165) is 41.5 Å². The van der Waals surface area contributed by atoms with E-state index in [0.29, 0.717) is 11.8 Å². The van der Waals surface area contributed by atoms with Crippen molar-refractivity contribution in [3.63, 3.8) is 0 Å². The van der Waals surface area contributed by atoms with Crippen LogP contribution in [0.25, 0.3) is 17.0 Å². The molecule has 1 fully saturated rings. The monoisotopic (exact) mass is 346 g/mol. The van der Waals surface area contributed by atoms with Gasteiger partial charge >= 0.3 is 0 Å². The molecule has 1 aliphatic rings. The molecule has 0 aromatic carbocycles. The summed E-state index contributed by atoms with van der Waals surface area (Å²) in [7, 11) is 0. The first-order chi connectivity index (χ1) is 12.7. The zero-order valence-corrected chi connectivity index (χ0v) is 14.6. The molecule has 130 valence electrons. The van der Waals surface area contributed by atoms with Gasteiger partial charge in [0.2, 0.25) is 0 Å². The fraction of sp³-hybridized carbons (Fsp3) is 0.333. The largest absolute Gasteiger partial charge is 0.263 e. The molecule has 0 aliphatic heterocycles. The van der Waals surface area contributed by atoms with Crippen LogP contribution < -0.4 is 0 Å². The zero-order chi connectivity index (χ0) is 17.7. The van der Waals surface area contributed by atoms with Gasteiger partial charge in [0, 0.05) is 24.9 Å². The summed E-state index contributed by atoms with van der Waals surface area (Å²) in [6.45, 7) is 4.79. The second-order valence-corrected chi connectivity index (χ2v) is 6.63. The molecule has 1 saturated carbocycles. The molecule has 1 aliphatic carbocycles. The number of rotatable bonds is 4. The van der Waals surface area contributed by atoms with Gasteiger partial charge in [-0.15, -0.1) is 10.2 Å². The molecule has 8 nitrogen and oxygen atoms in total. The summed E-state index contributed by atoms with van der Waals surface area (Å²) in [5, 5.41) is 17.7. The number of fused-ring (bicyclic) bond motifs is 1.